The van der Waals surface area contributed by atoms with Crippen LogP contribution in [0.1, 0.15) is 35.4 Å². The van der Waals surface area contributed by atoms with Crippen molar-refractivity contribution < 1.29 is 14.2 Å². The third-order valence-corrected chi connectivity index (χ3v) is 5.51. The smallest absolute Gasteiger partial charge is 0.214 e. The van der Waals surface area contributed by atoms with Gasteiger partial charge in [0.15, 0.2) is 11.5 Å². The Morgan fingerprint density at radius 3 is 2.41 bits per heavy atom. The molecule has 0 saturated carbocycles. The van der Waals surface area contributed by atoms with Crippen LogP contribution in [0, 0.1) is 0 Å². The summed E-state index contributed by atoms with van der Waals surface area (Å²) in [4.78, 5) is 0. The van der Waals surface area contributed by atoms with Gasteiger partial charge in [0.05, 0.1) is 26.0 Å². The first-order chi connectivity index (χ1) is 14.3. The number of hydrazone groups is 1. The van der Waals surface area contributed by atoms with Crippen molar-refractivity contribution in [2.75, 3.05) is 14.2 Å². The van der Waals surface area contributed by atoms with Crippen molar-refractivity contribution in [2.45, 2.75) is 18.7 Å². The molecule has 0 saturated heterocycles. The lowest BCUT2D eigenvalue weighted by molar-refractivity contribution is -0.0209. The lowest BCUT2D eigenvalue weighted by Crippen LogP contribution is -2.33. The van der Waals surface area contributed by atoms with Crippen molar-refractivity contribution >= 4 is 5.71 Å². The minimum atomic E-state index is -0.305. The second-order valence-electron chi connectivity index (χ2n) is 7.13. The molecule has 0 spiro atoms. The van der Waals surface area contributed by atoms with Crippen molar-refractivity contribution in [3.8, 4) is 17.2 Å². The van der Waals surface area contributed by atoms with Crippen LogP contribution in [0.4, 0.5) is 0 Å². The second-order valence-corrected chi connectivity index (χ2v) is 7.13. The molecule has 29 heavy (non-hydrogen) atoms. The molecule has 3 aromatic rings. The summed E-state index contributed by atoms with van der Waals surface area (Å²) in [6.45, 7) is 0. The average Bonchev–Trinajstić information content (AvgIpc) is 3.24. The first-order valence-electron chi connectivity index (χ1n) is 9.67. The maximum absolute atomic E-state index is 6.45. The summed E-state index contributed by atoms with van der Waals surface area (Å²) in [5, 5.41) is 7.07. The molecule has 0 N–H and O–H groups in total. The summed E-state index contributed by atoms with van der Waals surface area (Å²) in [7, 11) is 3.35. The van der Waals surface area contributed by atoms with Crippen LogP contribution in [0.15, 0.2) is 77.9 Å². The van der Waals surface area contributed by atoms with E-state index in [2.05, 4.69) is 35.3 Å². The summed E-state index contributed by atoms with van der Waals surface area (Å²) in [5.74, 6) is 2.39. The quantitative estimate of drug-likeness (QED) is 0.637. The second kappa shape index (κ2) is 7.17. The third-order valence-electron chi connectivity index (χ3n) is 5.51. The topological polar surface area (TPSA) is 43.3 Å². The number of hydrogen-bond acceptors (Lipinski definition) is 5. The van der Waals surface area contributed by atoms with Crippen LogP contribution in [-0.4, -0.2) is 24.9 Å². The summed E-state index contributed by atoms with van der Waals surface area (Å²) in [6.07, 6.45) is 0.500. The molecule has 0 aromatic heterocycles. The predicted molar refractivity (Wildman–Crippen MR) is 112 cm³/mol. The highest BCUT2D eigenvalue weighted by Gasteiger charge is 2.42. The van der Waals surface area contributed by atoms with Crippen LogP contribution in [-0.2, 0) is 0 Å². The van der Waals surface area contributed by atoms with E-state index < -0.39 is 0 Å². The molecular weight excluding hydrogens is 364 g/mol. The van der Waals surface area contributed by atoms with E-state index in [4.69, 9.17) is 19.3 Å². The van der Waals surface area contributed by atoms with Crippen LogP contribution in [0.5, 0.6) is 17.2 Å². The number of methoxy groups -OCH3 is 2. The Bertz CT molecular complexity index is 1050. The van der Waals surface area contributed by atoms with E-state index in [-0.39, 0.29) is 12.3 Å². The molecule has 2 aliphatic rings. The molecule has 0 bridgehead atoms. The molecule has 2 atom stereocenters. The average molecular weight is 386 g/mol. The van der Waals surface area contributed by atoms with Gasteiger partial charge in [-0.15, -0.1) is 0 Å². The van der Waals surface area contributed by atoms with E-state index in [0.717, 1.165) is 46.1 Å². The van der Waals surface area contributed by atoms with Gasteiger partial charge in [-0.25, -0.2) is 5.01 Å². The number of rotatable bonds is 4. The van der Waals surface area contributed by atoms with Crippen molar-refractivity contribution in [3.63, 3.8) is 0 Å². The van der Waals surface area contributed by atoms with Gasteiger partial charge in [0.25, 0.3) is 0 Å². The van der Waals surface area contributed by atoms with Crippen LogP contribution >= 0.6 is 0 Å². The van der Waals surface area contributed by atoms with E-state index in [0.29, 0.717) is 0 Å². The molecule has 0 fully saturated rings. The van der Waals surface area contributed by atoms with Crippen molar-refractivity contribution in [2.24, 2.45) is 5.10 Å². The molecule has 3 aromatic carbocycles. The normalized spacial score (nSPS) is 19.7. The van der Waals surface area contributed by atoms with Gasteiger partial charge in [0, 0.05) is 17.5 Å². The molecule has 5 nitrogen and oxygen atoms in total. The number of para-hydroxylation sites is 1. The van der Waals surface area contributed by atoms with Gasteiger partial charge in [-0.05, 0) is 35.9 Å². The Balaban J connectivity index is 1.59. The van der Waals surface area contributed by atoms with Crippen LogP contribution in [0.25, 0.3) is 0 Å². The van der Waals surface area contributed by atoms with Crippen LogP contribution < -0.4 is 14.2 Å². The molecule has 0 aliphatic carbocycles. The molecule has 146 valence electrons. The lowest BCUT2D eigenvalue weighted by atomic mass is 9.95. The van der Waals surface area contributed by atoms with Gasteiger partial charge in [-0.2, -0.15) is 5.10 Å². The number of ether oxygens (including phenoxy) is 3. The fourth-order valence-electron chi connectivity index (χ4n) is 4.04. The van der Waals surface area contributed by atoms with E-state index in [1.54, 1.807) is 14.2 Å². The summed E-state index contributed by atoms with van der Waals surface area (Å²) in [5.41, 5.74) is 4.30. The molecule has 2 aliphatic heterocycles. The van der Waals surface area contributed by atoms with Gasteiger partial charge in [-0.3, -0.25) is 0 Å². The van der Waals surface area contributed by atoms with Crippen LogP contribution in [0.3, 0.4) is 0 Å². The van der Waals surface area contributed by atoms with E-state index >= 15 is 0 Å². The van der Waals surface area contributed by atoms with Crippen LogP contribution in [0.2, 0.25) is 0 Å². The van der Waals surface area contributed by atoms with Crippen molar-refractivity contribution in [1.29, 1.82) is 0 Å². The van der Waals surface area contributed by atoms with E-state index in [9.17, 15) is 0 Å². The Hall–Kier alpha value is -3.47. The first kappa shape index (κ1) is 17.6. The Morgan fingerprint density at radius 2 is 1.69 bits per heavy atom. The zero-order valence-corrected chi connectivity index (χ0v) is 16.4. The Labute approximate surface area is 170 Å². The number of benzene rings is 3. The standard InChI is InChI=1S/C24H22N2O3/c1-27-18-13-11-16(12-14-18)20-15-21-19-9-6-10-22(28-2)23(19)29-24(26(21)25-20)17-7-4-3-5-8-17/h3-14,21,24H,15H2,1-2H3/t21-,24+/m1/s1. The van der Waals surface area contributed by atoms with Gasteiger partial charge in [-0.1, -0.05) is 42.5 Å². The maximum Gasteiger partial charge on any atom is 0.214 e. The minimum absolute atomic E-state index is 0.0937. The van der Waals surface area contributed by atoms with Gasteiger partial charge < -0.3 is 14.2 Å². The fraction of sp³-hybridized carbons (Fsp3) is 0.208. The van der Waals surface area contributed by atoms with E-state index in [1.165, 1.54) is 0 Å². The minimum Gasteiger partial charge on any atom is -0.497 e. The Kier molecular flexibility index (Phi) is 4.35. The highest BCUT2D eigenvalue weighted by Crippen LogP contribution is 2.50. The van der Waals surface area contributed by atoms with Gasteiger partial charge >= 0.3 is 0 Å². The largest absolute Gasteiger partial charge is 0.497 e. The zero-order chi connectivity index (χ0) is 19.8. The summed E-state index contributed by atoms with van der Waals surface area (Å²) in [6, 6.07) is 24.4. The SMILES string of the molecule is COc1ccc(C2=NN3[C@H](C2)c2cccc(OC)c2O[C@H]3c2ccccc2)cc1. The molecular formula is C24H22N2O3. The zero-order valence-electron chi connectivity index (χ0n) is 16.4. The van der Waals surface area contributed by atoms with Crippen molar-refractivity contribution in [3.05, 3.63) is 89.5 Å². The maximum atomic E-state index is 6.45. The lowest BCUT2D eigenvalue weighted by Gasteiger charge is -2.38. The monoisotopic (exact) mass is 386 g/mol. The summed E-state index contributed by atoms with van der Waals surface area (Å²) < 4.78 is 17.3. The predicted octanol–water partition coefficient (Wildman–Crippen LogP) is 4.95. The number of hydrogen-bond donors (Lipinski definition) is 0. The molecule has 0 amide bonds. The molecule has 0 radical (unpaired) electrons. The third kappa shape index (κ3) is 2.99. The highest BCUT2D eigenvalue weighted by atomic mass is 16.5. The summed E-state index contributed by atoms with van der Waals surface area (Å²) >= 11 is 0. The first-order valence-corrected chi connectivity index (χ1v) is 9.67. The Morgan fingerprint density at radius 1 is 0.897 bits per heavy atom. The van der Waals surface area contributed by atoms with Crippen molar-refractivity contribution in [1.82, 2.24) is 5.01 Å². The molecule has 2 heterocycles. The molecule has 0 unspecified atom stereocenters. The molecule has 5 heteroatoms. The van der Waals surface area contributed by atoms with Gasteiger partial charge in [0.1, 0.15) is 5.75 Å². The number of nitrogens with zero attached hydrogens (tertiary/aromatic N) is 2. The van der Waals surface area contributed by atoms with Gasteiger partial charge in [0.2, 0.25) is 6.23 Å². The molecule has 5 rings (SSSR count). The highest BCUT2D eigenvalue weighted by molar-refractivity contribution is 6.02. The van der Waals surface area contributed by atoms with E-state index in [1.807, 2.05) is 42.5 Å². The fourth-order valence-corrected chi connectivity index (χ4v) is 4.04. The number of fused-ring (bicyclic) bond motifs is 3.